The molecule has 1 saturated carbocycles. The Balaban J connectivity index is 1.44. The molecule has 0 radical (unpaired) electrons. The predicted molar refractivity (Wildman–Crippen MR) is 111 cm³/mol. The maximum absolute atomic E-state index is 13.2. The third kappa shape index (κ3) is 2.94. The van der Waals surface area contributed by atoms with Crippen molar-refractivity contribution in [3.05, 3.63) is 46.4 Å². The molecule has 1 aliphatic heterocycles. The first-order chi connectivity index (χ1) is 13.6. The van der Waals surface area contributed by atoms with Crippen LogP contribution in [0.3, 0.4) is 0 Å². The van der Waals surface area contributed by atoms with Crippen molar-refractivity contribution in [3.63, 3.8) is 0 Å². The van der Waals surface area contributed by atoms with Gasteiger partial charge < -0.3 is 10.2 Å². The molecule has 1 N–H and O–H groups in total. The molecular weight excluding hydrogens is 370 g/mol. The average Bonchev–Trinajstić information content (AvgIpc) is 3.41. The molecule has 4 heterocycles. The molecule has 6 nitrogen and oxygen atoms in total. The highest BCUT2D eigenvalue weighted by molar-refractivity contribution is 7.20. The van der Waals surface area contributed by atoms with E-state index in [1.165, 1.54) is 24.2 Å². The predicted octanol–water partition coefficient (Wildman–Crippen LogP) is 3.94. The summed E-state index contributed by atoms with van der Waals surface area (Å²) in [5.41, 5.74) is 2.93. The molecule has 3 aromatic rings. The van der Waals surface area contributed by atoms with E-state index in [2.05, 4.69) is 25.2 Å². The number of hydrogen-bond acceptors (Lipinski definition) is 6. The van der Waals surface area contributed by atoms with E-state index in [0.717, 1.165) is 50.8 Å². The third-order valence-corrected chi connectivity index (χ3v) is 7.16. The van der Waals surface area contributed by atoms with Crippen LogP contribution < -0.4 is 5.32 Å². The van der Waals surface area contributed by atoms with Crippen molar-refractivity contribution in [1.82, 2.24) is 19.9 Å². The number of piperidine rings is 1. The molecular formula is C21H23N5OS. The fourth-order valence-electron chi connectivity index (χ4n) is 4.59. The van der Waals surface area contributed by atoms with Gasteiger partial charge in [0.05, 0.1) is 22.5 Å². The first-order valence-corrected chi connectivity index (χ1v) is 10.6. The van der Waals surface area contributed by atoms with Crippen molar-refractivity contribution < 1.29 is 4.79 Å². The number of rotatable bonds is 4. The minimum atomic E-state index is 0.166. The van der Waals surface area contributed by atoms with Crippen molar-refractivity contribution in [3.8, 4) is 0 Å². The van der Waals surface area contributed by atoms with E-state index in [1.807, 2.05) is 32.0 Å². The van der Waals surface area contributed by atoms with E-state index in [1.54, 1.807) is 6.33 Å². The lowest BCUT2D eigenvalue weighted by Crippen LogP contribution is -2.37. The van der Waals surface area contributed by atoms with Crippen molar-refractivity contribution in [2.45, 2.75) is 45.7 Å². The Labute approximate surface area is 168 Å². The maximum atomic E-state index is 13.2. The zero-order valence-corrected chi connectivity index (χ0v) is 16.9. The molecule has 2 fully saturated rings. The number of amides is 1. The van der Waals surface area contributed by atoms with Crippen LogP contribution in [-0.4, -0.2) is 38.3 Å². The SMILES string of the molecule is Cc1cccc(CNc2ncnc3sc(C(=O)N4CC5CCC4C5)c(C)c23)n1. The largest absolute Gasteiger partial charge is 0.364 e. The van der Waals surface area contributed by atoms with Crippen LogP contribution in [0.1, 0.15) is 45.9 Å². The van der Waals surface area contributed by atoms with Crippen LogP contribution in [0.4, 0.5) is 5.82 Å². The Bertz CT molecular complexity index is 1060. The summed E-state index contributed by atoms with van der Waals surface area (Å²) in [6, 6.07) is 6.41. The summed E-state index contributed by atoms with van der Waals surface area (Å²) in [6.45, 7) is 5.49. The van der Waals surface area contributed by atoms with Crippen LogP contribution in [0.5, 0.6) is 0 Å². The number of pyridine rings is 1. The van der Waals surface area contributed by atoms with Gasteiger partial charge in [0.15, 0.2) is 0 Å². The van der Waals surface area contributed by atoms with Crippen molar-refractivity contribution in [2.75, 3.05) is 11.9 Å². The molecule has 2 atom stereocenters. The van der Waals surface area contributed by atoms with Crippen molar-refractivity contribution in [1.29, 1.82) is 0 Å². The van der Waals surface area contributed by atoms with Gasteiger partial charge in [-0.15, -0.1) is 11.3 Å². The van der Waals surface area contributed by atoms with Gasteiger partial charge in [-0.05, 0) is 56.7 Å². The highest BCUT2D eigenvalue weighted by Crippen LogP contribution is 2.40. The van der Waals surface area contributed by atoms with Crippen LogP contribution in [0.25, 0.3) is 10.2 Å². The number of nitrogens with zero attached hydrogens (tertiary/aromatic N) is 4. The number of carbonyl (C=O) groups is 1. The van der Waals surface area contributed by atoms with Crippen LogP contribution in [-0.2, 0) is 6.54 Å². The lowest BCUT2D eigenvalue weighted by molar-refractivity contribution is 0.0708. The molecule has 2 bridgehead atoms. The van der Waals surface area contributed by atoms with Gasteiger partial charge >= 0.3 is 0 Å². The minimum Gasteiger partial charge on any atom is -0.364 e. The van der Waals surface area contributed by atoms with Gasteiger partial charge in [0, 0.05) is 18.3 Å². The van der Waals surface area contributed by atoms with Gasteiger partial charge in [0.25, 0.3) is 5.91 Å². The number of nitrogens with one attached hydrogen (secondary N) is 1. The van der Waals surface area contributed by atoms with E-state index >= 15 is 0 Å². The zero-order valence-electron chi connectivity index (χ0n) is 16.1. The smallest absolute Gasteiger partial charge is 0.264 e. The molecule has 7 heteroatoms. The standard InChI is InChI=1S/C21H23N5OS/c1-12-4-3-5-15(25-12)9-22-19-17-13(2)18(28-20(17)24-11-23-19)21(27)26-10-14-6-7-16(26)8-14/h3-5,11,14,16H,6-10H2,1-2H3,(H,22,23,24). The summed E-state index contributed by atoms with van der Waals surface area (Å²) in [5, 5.41) is 4.34. The first kappa shape index (κ1) is 17.6. The minimum absolute atomic E-state index is 0.166. The van der Waals surface area contributed by atoms with Crippen LogP contribution in [0, 0.1) is 19.8 Å². The Hall–Kier alpha value is -2.54. The summed E-state index contributed by atoms with van der Waals surface area (Å²) in [7, 11) is 0. The topological polar surface area (TPSA) is 71.0 Å². The number of aryl methyl sites for hydroxylation is 2. The second-order valence-corrected chi connectivity index (χ2v) is 8.87. The molecule has 28 heavy (non-hydrogen) atoms. The molecule has 2 aliphatic rings. The van der Waals surface area contributed by atoms with E-state index in [0.29, 0.717) is 18.5 Å². The summed E-state index contributed by atoms with van der Waals surface area (Å²) in [6.07, 6.45) is 5.16. The third-order valence-electron chi connectivity index (χ3n) is 5.97. The van der Waals surface area contributed by atoms with Crippen LogP contribution in [0.15, 0.2) is 24.5 Å². The normalized spacial score (nSPS) is 20.9. The fraction of sp³-hybridized carbons (Fsp3) is 0.429. The second kappa shape index (κ2) is 6.81. The van der Waals surface area contributed by atoms with E-state index in [4.69, 9.17) is 0 Å². The molecule has 2 unspecified atom stereocenters. The molecule has 0 aromatic carbocycles. The summed E-state index contributed by atoms with van der Waals surface area (Å²) < 4.78 is 0. The number of hydrogen-bond donors (Lipinski definition) is 1. The Morgan fingerprint density at radius 1 is 1.29 bits per heavy atom. The number of carbonyl (C=O) groups excluding carboxylic acids is 1. The van der Waals surface area contributed by atoms with Crippen molar-refractivity contribution in [2.24, 2.45) is 5.92 Å². The van der Waals surface area contributed by atoms with Crippen LogP contribution >= 0.6 is 11.3 Å². The first-order valence-electron chi connectivity index (χ1n) is 9.81. The average molecular weight is 394 g/mol. The van der Waals surface area contributed by atoms with Gasteiger partial charge in [0.1, 0.15) is 17.0 Å². The second-order valence-electron chi connectivity index (χ2n) is 7.87. The molecule has 0 spiro atoms. The molecule has 1 aliphatic carbocycles. The highest BCUT2D eigenvalue weighted by Gasteiger charge is 2.41. The lowest BCUT2D eigenvalue weighted by atomic mass is 10.1. The Morgan fingerprint density at radius 2 is 2.18 bits per heavy atom. The van der Waals surface area contributed by atoms with Gasteiger partial charge in [-0.25, -0.2) is 9.97 Å². The summed E-state index contributed by atoms with van der Waals surface area (Å²) in [4.78, 5) is 30.4. The molecule has 144 valence electrons. The summed E-state index contributed by atoms with van der Waals surface area (Å²) in [5.74, 6) is 1.63. The van der Waals surface area contributed by atoms with Gasteiger partial charge in [-0.3, -0.25) is 9.78 Å². The quantitative estimate of drug-likeness (QED) is 0.727. The zero-order chi connectivity index (χ0) is 19.3. The van der Waals surface area contributed by atoms with E-state index < -0.39 is 0 Å². The van der Waals surface area contributed by atoms with Gasteiger partial charge in [-0.1, -0.05) is 6.07 Å². The maximum Gasteiger partial charge on any atom is 0.264 e. The molecule has 5 rings (SSSR count). The number of anilines is 1. The number of aromatic nitrogens is 3. The number of thiophene rings is 1. The monoisotopic (exact) mass is 393 g/mol. The van der Waals surface area contributed by atoms with Gasteiger partial charge in [-0.2, -0.15) is 0 Å². The lowest BCUT2D eigenvalue weighted by Gasteiger charge is -2.26. The number of fused-ring (bicyclic) bond motifs is 3. The highest BCUT2D eigenvalue weighted by atomic mass is 32.1. The Kier molecular flexibility index (Phi) is 4.27. The molecule has 3 aromatic heterocycles. The van der Waals surface area contributed by atoms with Crippen LogP contribution in [0.2, 0.25) is 0 Å². The number of likely N-dealkylation sites (tertiary alicyclic amines) is 1. The molecule has 1 saturated heterocycles. The Morgan fingerprint density at radius 3 is 2.93 bits per heavy atom. The summed E-state index contributed by atoms with van der Waals surface area (Å²) >= 11 is 1.49. The van der Waals surface area contributed by atoms with Crippen molar-refractivity contribution >= 4 is 33.3 Å². The molecule has 1 amide bonds. The van der Waals surface area contributed by atoms with E-state index in [-0.39, 0.29) is 5.91 Å². The van der Waals surface area contributed by atoms with Gasteiger partial charge in [0.2, 0.25) is 0 Å². The van der Waals surface area contributed by atoms with E-state index in [9.17, 15) is 4.79 Å². The fourth-order valence-corrected chi connectivity index (χ4v) is 5.69.